The van der Waals surface area contributed by atoms with Crippen molar-refractivity contribution in [2.45, 2.75) is 51.4 Å². The van der Waals surface area contributed by atoms with Crippen molar-refractivity contribution >= 4 is 16.5 Å². The number of benzene rings is 1. The number of nitrogens with one attached hydrogen (secondary N) is 3. The molecule has 40 heavy (non-hydrogen) atoms. The molecule has 1 aromatic carbocycles. The van der Waals surface area contributed by atoms with Crippen LogP contribution in [-0.4, -0.2) is 62.8 Å². The molecule has 0 atom stereocenters. The molecule has 4 aromatic rings. The average molecular weight is 540 g/mol. The Labute approximate surface area is 235 Å². The third kappa shape index (κ3) is 5.64. The minimum Gasteiger partial charge on any atom is -0.340 e. The van der Waals surface area contributed by atoms with Crippen molar-refractivity contribution < 1.29 is 4.39 Å². The number of piperidine rings is 1. The zero-order valence-electron chi connectivity index (χ0n) is 23.3. The van der Waals surface area contributed by atoms with Gasteiger partial charge in [0, 0.05) is 28.3 Å². The molecule has 0 saturated carbocycles. The minimum atomic E-state index is -0.228. The van der Waals surface area contributed by atoms with Crippen LogP contribution in [0.2, 0.25) is 0 Å². The van der Waals surface area contributed by atoms with E-state index in [2.05, 4.69) is 44.1 Å². The van der Waals surface area contributed by atoms with Gasteiger partial charge < -0.3 is 15.2 Å². The fourth-order valence-corrected chi connectivity index (χ4v) is 6.18. The number of likely N-dealkylation sites (tertiary alicyclic amines) is 1. The van der Waals surface area contributed by atoms with Crippen molar-refractivity contribution in [3.8, 4) is 11.5 Å². The minimum absolute atomic E-state index is 0.228. The number of nitrogens with zero attached hydrogens (tertiary/aromatic N) is 4. The lowest BCUT2D eigenvalue weighted by atomic mass is 9.93. The monoisotopic (exact) mass is 539 g/mol. The lowest BCUT2D eigenvalue weighted by Crippen LogP contribution is -2.27. The number of hydrogen-bond acceptors (Lipinski definition) is 5. The highest BCUT2D eigenvalue weighted by molar-refractivity contribution is 5.91. The number of aryl methyl sites for hydroxylation is 2. The number of aromatic nitrogens is 5. The lowest BCUT2D eigenvalue weighted by Gasteiger charge is -2.21. The number of rotatable bonds is 9. The molecule has 208 valence electrons. The molecule has 0 amide bonds. The van der Waals surface area contributed by atoms with Crippen molar-refractivity contribution in [1.82, 2.24) is 35.4 Å². The highest BCUT2D eigenvalue weighted by Crippen LogP contribution is 2.33. The highest BCUT2D eigenvalue weighted by atomic mass is 19.1. The Kier molecular flexibility index (Phi) is 7.89. The van der Waals surface area contributed by atoms with E-state index in [1.54, 1.807) is 18.2 Å². The van der Waals surface area contributed by atoms with Gasteiger partial charge in [-0.25, -0.2) is 9.37 Å². The van der Waals surface area contributed by atoms with Gasteiger partial charge in [0.2, 0.25) is 0 Å². The third-order valence-corrected chi connectivity index (χ3v) is 8.28. The summed E-state index contributed by atoms with van der Waals surface area (Å²) in [7, 11) is 0. The van der Waals surface area contributed by atoms with Crippen LogP contribution in [0.1, 0.15) is 66.2 Å². The molecule has 2 fully saturated rings. The molecule has 3 aromatic heterocycles. The van der Waals surface area contributed by atoms with E-state index in [1.807, 2.05) is 19.2 Å². The first-order valence-electron chi connectivity index (χ1n) is 14.6. The van der Waals surface area contributed by atoms with Crippen molar-refractivity contribution in [2.24, 2.45) is 0 Å². The molecule has 5 heterocycles. The van der Waals surface area contributed by atoms with Crippen molar-refractivity contribution in [2.75, 3.05) is 32.7 Å². The fraction of sp³-hybridized carbons (Fsp3) is 0.406. The SMILES string of the molecule is C=C/C=C(/c1cc(F)cc(CCCN2CCCC2)c1)c1nc(-c2n[nH]c3cnc(C4CCNCC4)cc23)[nH]c1C. The van der Waals surface area contributed by atoms with Gasteiger partial charge in [0.15, 0.2) is 5.82 Å². The number of pyridine rings is 1. The van der Waals surface area contributed by atoms with Crippen LogP contribution in [0.25, 0.3) is 28.0 Å². The zero-order chi connectivity index (χ0) is 27.5. The number of H-pyrrole nitrogens is 2. The van der Waals surface area contributed by atoms with E-state index >= 15 is 0 Å². The number of imidazole rings is 1. The second kappa shape index (κ2) is 11.9. The van der Waals surface area contributed by atoms with Gasteiger partial charge in [-0.2, -0.15) is 5.10 Å². The number of hydrogen-bond donors (Lipinski definition) is 3. The molecule has 0 aliphatic carbocycles. The van der Waals surface area contributed by atoms with Gasteiger partial charge in [0.1, 0.15) is 11.5 Å². The molecule has 6 rings (SSSR count). The van der Waals surface area contributed by atoms with E-state index in [4.69, 9.17) is 9.97 Å². The molecular formula is C32H38FN7. The summed E-state index contributed by atoms with van der Waals surface area (Å²) in [6.07, 6.45) is 12.1. The summed E-state index contributed by atoms with van der Waals surface area (Å²) in [5.74, 6) is 0.897. The van der Waals surface area contributed by atoms with E-state index in [0.29, 0.717) is 11.7 Å². The summed E-state index contributed by atoms with van der Waals surface area (Å²) in [5.41, 5.74) is 7.07. The maximum atomic E-state index is 14.9. The van der Waals surface area contributed by atoms with Gasteiger partial charge in [-0.3, -0.25) is 10.1 Å². The highest BCUT2D eigenvalue weighted by Gasteiger charge is 2.21. The van der Waals surface area contributed by atoms with Gasteiger partial charge in [0.05, 0.1) is 17.4 Å². The fourth-order valence-electron chi connectivity index (χ4n) is 6.18. The normalized spacial score (nSPS) is 17.2. The Morgan fingerprint density at radius 3 is 2.77 bits per heavy atom. The summed E-state index contributed by atoms with van der Waals surface area (Å²) < 4.78 is 14.9. The van der Waals surface area contributed by atoms with E-state index < -0.39 is 0 Å². The summed E-state index contributed by atoms with van der Waals surface area (Å²) in [5, 5.41) is 12.2. The smallest absolute Gasteiger partial charge is 0.159 e. The molecule has 2 aliphatic heterocycles. The summed E-state index contributed by atoms with van der Waals surface area (Å²) in [6.45, 7) is 11.4. The summed E-state index contributed by atoms with van der Waals surface area (Å²) >= 11 is 0. The second-order valence-corrected chi connectivity index (χ2v) is 11.1. The van der Waals surface area contributed by atoms with Crippen LogP contribution >= 0.6 is 0 Å². The van der Waals surface area contributed by atoms with Gasteiger partial charge in [-0.15, -0.1) is 0 Å². The first-order chi connectivity index (χ1) is 19.6. The molecule has 8 heteroatoms. The van der Waals surface area contributed by atoms with Crippen molar-refractivity contribution in [1.29, 1.82) is 0 Å². The molecule has 0 bridgehead atoms. The van der Waals surface area contributed by atoms with Gasteiger partial charge >= 0.3 is 0 Å². The number of halogens is 1. The van der Waals surface area contributed by atoms with E-state index in [-0.39, 0.29) is 5.82 Å². The van der Waals surface area contributed by atoms with Gasteiger partial charge in [-0.1, -0.05) is 24.8 Å². The van der Waals surface area contributed by atoms with Crippen LogP contribution in [-0.2, 0) is 6.42 Å². The second-order valence-electron chi connectivity index (χ2n) is 11.1. The molecule has 2 aliphatic rings. The summed E-state index contributed by atoms with van der Waals surface area (Å²) in [4.78, 5) is 15.7. The Balaban J connectivity index is 1.29. The van der Waals surface area contributed by atoms with Crippen LogP contribution < -0.4 is 5.32 Å². The molecule has 2 saturated heterocycles. The van der Waals surface area contributed by atoms with E-state index in [1.165, 1.54) is 25.9 Å². The predicted molar refractivity (Wildman–Crippen MR) is 159 cm³/mol. The Morgan fingerprint density at radius 2 is 1.98 bits per heavy atom. The maximum Gasteiger partial charge on any atom is 0.159 e. The van der Waals surface area contributed by atoms with Crippen molar-refractivity contribution in [3.05, 3.63) is 83.2 Å². The number of aromatic amines is 2. The van der Waals surface area contributed by atoms with Gasteiger partial charge in [-0.05, 0) is 107 Å². The first-order valence-corrected chi connectivity index (χ1v) is 14.6. The largest absolute Gasteiger partial charge is 0.340 e. The number of allylic oxidation sites excluding steroid dienone is 2. The molecular weight excluding hydrogens is 501 g/mol. The average Bonchev–Trinajstić information content (AvgIpc) is 3.72. The maximum absolute atomic E-state index is 14.9. The van der Waals surface area contributed by atoms with E-state index in [0.717, 1.165) is 95.7 Å². The molecule has 7 nitrogen and oxygen atoms in total. The van der Waals surface area contributed by atoms with Crippen molar-refractivity contribution in [3.63, 3.8) is 0 Å². The standard InChI is InChI=1S/C32H38FN7/c1-3-7-26(24-16-22(17-25(33)18-24)8-6-15-40-13-4-5-14-40)30-21(2)36-32(37-30)31-27-19-28(23-9-11-34-12-10-23)35-20-29(27)38-39-31/h3,7,16-20,23,34H,1,4-6,8-15H2,2H3,(H,36,37)(H,38,39)/b26-7-. The molecule has 3 N–H and O–H groups in total. The summed E-state index contributed by atoms with van der Waals surface area (Å²) in [6, 6.07) is 7.50. The first kappa shape index (κ1) is 26.6. The third-order valence-electron chi connectivity index (χ3n) is 8.28. The number of fused-ring (bicyclic) bond motifs is 1. The molecule has 0 radical (unpaired) electrons. The Morgan fingerprint density at radius 1 is 1.15 bits per heavy atom. The Hall–Kier alpha value is -3.62. The van der Waals surface area contributed by atoms with Gasteiger partial charge in [0.25, 0.3) is 0 Å². The van der Waals surface area contributed by atoms with Crippen LogP contribution in [0.5, 0.6) is 0 Å². The molecule has 0 unspecified atom stereocenters. The Bertz CT molecular complexity index is 1520. The van der Waals surface area contributed by atoms with Crippen LogP contribution in [0.3, 0.4) is 0 Å². The predicted octanol–water partition coefficient (Wildman–Crippen LogP) is 5.91. The van der Waals surface area contributed by atoms with Crippen LogP contribution in [0, 0.1) is 12.7 Å². The van der Waals surface area contributed by atoms with Crippen LogP contribution in [0.4, 0.5) is 4.39 Å². The quantitative estimate of drug-likeness (QED) is 0.230. The topological polar surface area (TPSA) is 85.5 Å². The van der Waals surface area contributed by atoms with E-state index in [9.17, 15) is 4.39 Å². The lowest BCUT2D eigenvalue weighted by molar-refractivity contribution is 0.334. The zero-order valence-corrected chi connectivity index (χ0v) is 23.3. The molecule has 0 spiro atoms. The van der Waals surface area contributed by atoms with Crippen LogP contribution in [0.15, 0.2) is 49.2 Å².